The quantitative estimate of drug-likeness (QED) is 0.341. The second-order valence-corrected chi connectivity index (χ2v) is 9.65. The highest BCUT2D eigenvalue weighted by Gasteiger charge is 2.22. The zero-order valence-corrected chi connectivity index (χ0v) is 22.3. The number of aromatic nitrogens is 5. The van der Waals surface area contributed by atoms with Crippen LogP contribution in [-0.2, 0) is 7.05 Å². The number of para-hydroxylation sites is 1. The lowest BCUT2D eigenvalue weighted by Gasteiger charge is -2.21. The summed E-state index contributed by atoms with van der Waals surface area (Å²) in [5.74, 6) is 6.02. The van der Waals surface area contributed by atoms with Crippen LogP contribution in [0.2, 0.25) is 0 Å². The molecule has 8 nitrogen and oxygen atoms in total. The molecule has 6 aromatic rings. The first-order chi connectivity index (χ1) is 19.4. The fourth-order valence-corrected chi connectivity index (χ4v) is 5.01. The normalized spacial score (nSPS) is 11.8. The van der Waals surface area contributed by atoms with Crippen LogP contribution in [0.5, 0.6) is 0 Å². The summed E-state index contributed by atoms with van der Waals surface area (Å²) in [5, 5.41) is 13.0. The molecule has 1 amide bonds. The molecular weight excluding hydrogens is 500 g/mol. The first kappa shape index (κ1) is 24.9. The summed E-state index contributed by atoms with van der Waals surface area (Å²) in [6, 6.07) is 22.1. The van der Waals surface area contributed by atoms with Crippen molar-refractivity contribution >= 4 is 22.2 Å². The van der Waals surface area contributed by atoms with E-state index in [2.05, 4.69) is 27.4 Å². The third kappa shape index (κ3) is 4.44. The van der Waals surface area contributed by atoms with Gasteiger partial charge < -0.3 is 5.32 Å². The first-order valence-electron chi connectivity index (χ1n) is 12.9. The molecule has 0 aliphatic heterocycles. The van der Waals surface area contributed by atoms with Crippen LogP contribution >= 0.6 is 0 Å². The van der Waals surface area contributed by atoms with Crippen LogP contribution in [-0.4, -0.2) is 29.9 Å². The van der Waals surface area contributed by atoms with Gasteiger partial charge in [-0.1, -0.05) is 48.2 Å². The molecule has 0 spiro atoms. The molecule has 4 heterocycles. The molecule has 0 radical (unpaired) electrons. The van der Waals surface area contributed by atoms with Crippen LogP contribution in [0, 0.1) is 18.8 Å². The Labute approximate surface area is 230 Å². The predicted octanol–water partition coefficient (Wildman–Crippen LogP) is 4.57. The van der Waals surface area contributed by atoms with Crippen molar-refractivity contribution in [2.45, 2.75) is 19.9 Å². The Morgan fingerprint density at radius 1 is 1.00 bits per heavy atom. The van der Waals surface area contributed by atoms with E-state index in [9.17, 15) is 9.59 Å². The Balaban J connectivity index is 1.48. The molecule has 1 N–H and O–H groups in total. The fraction of sp³-hybridized carbons (Fsp3) is 0.125. The van der Waals surface area contributed by atoms with E-state index in [1.54, 1.807) is 20.0 Å². The number of benzene rings is 2. The van der Waals surface area contributed by atoms with Crippen molar-refractivity contribution in [3.63, 3.8) is 0 Å². The van der Waals surface area contributed by atoms with Crippen LogP contribution < -0.4 is 10.9 Å². The van der Waals surface area contributed by atoms with Crippen LogP contribution in [0.4, 0.5) is 0 Å². The van der Waals surface area contributed by atoms with Crippen LogP contribution in [0.1, 0.15) is 45.8 Å². The summed E-state index contributed by atoms with van der Waals surface area (Å²) in [6.45, 7) is 3.70. The maximum atomic E-state index is 14.2. The van der Waals surface area contributed by atoms with Gasteiger partial charge in [0.2, 0.25) is 0 Å². The average Bonchev–Trinajstić information content (AvgIpc) is 3.53. The molecule has 0 bridgehead atoms. The van der Waals surface area contributed by atoms with Crippen molar-refractivity contribution in [2.75, 3.05) is 0 Å². The van der Waals surface area contributed by atoms with Crippen molar-refractivity contribution in [2.24, 2.45) is 7.05 Å². The van der Waals surface area contributed by atoms with E-state index < -0.39 is 6.04 Å². The molecule has 0 saturated carbocycles. The third-order valence-electron chi connectivity index (χ3n) is 6.87. The average molecular weight is 527 g/mol. The molecule has 1 atom stereocenters. The molecule has 6 rings (SSSR count). The maximum absolute atomic E-state index is 14.2. The van der Waals surface area contributed by atoms with Gasteiger partial charge >= 0.3 is 0 Å². The number of carbonyl (C=O) groups excluding carboxylic acids is 1. The van der Waals surface area contributed by atoms with Gasteiger partial charge in [-0.15, -0.1) is 0 Å². The number of hydrogen-bond acceptors (Lipinski definition) is 4. The van der Waals surface area contributed by atoms with Crippen molar-refractivity contribution < 1.29 is 4.79 Å². The van der Waals surface area contributed by atoms with Gasteiger partial charge in [-0.3, -0.25) is 18.8 Å². The number of nitrogens with zero attached hydrogens (tertiary/aromatic N) is 5. The van der Waals surface area contributed by atoms with Crippen molar-refractivity contribution in [1.82, 2.24) is 29.3 Å². The Morgan fingerprint density at radius 2 is 1.80 bits per heavy atom. The van der Waals surface area contributed by atoms with Gasteiger partial charge in [0.25, 0.3) is 11.5 Å². The molecule has 0 saturated heterocycles. The molecule has 196 valence electrons. The highest BCUT2D eigenvalue weighted by atomic mass is 16.2. The number of carbonyl (C=O) groups is 1. The van der Waals surface area contributed by atoms with E-state index in [1.165, 1.54) is 0 Å². The van der Waals surface area contributed by atoms with Gasteiger partial charge in [0, 0.05) is 36.4 Å². The molecule has 0 aliphatic carbocycles. The number of rotatable bonds is 4. The number of pyridine rings is 2. The SMILES string of the molecule is Cc1nn2ccccc2c1C(=O)N[C@@H](C)c1cc2cccc(C#Cc3cnn(C)c3)c2c(=O)n1-c1ccccc1. The van der Waals surface area contributed by atoms with E-state index in [0.29, 0.717) is 33.6 Å². The van der Waals surface area contributed by atoms with Gasteiger partial charge in [0.05, 0.1) is 40.0 Å². The standard InChI is InChI=1S/C32H26N6O2/c1-21(34-31(39)29-22(2)35-37-17-8-7-14-27(29)37)28-18-25-11-9-10-24(16-15-23-19-33-36(3)20-23)30(25)32(40)38(28)26-12-5-4-6-13-26/h4-14,17-21H,1-3H3,(H,34,39)/t21-/m0/s1. The monoisotopic (exact) mass is 526 g/mol. The zero-order valence-electron chi connectivity index (χ0n) is 22.3. The summed E-state index contributed by atoms with van der Waals surface area (Å²) in [4.78, 5) is 27.7. The lowest BCUT2D eigenvalue weighted by Crippen LogP contribution is -2.32. The number of hydrogen-bond donors (Lipinski definition) is 1. The second-order valence-electron chi connectivity index (χ2n) is 9.65. The van der Waals surface area contributed by atoms with Gasteiger partial charge in [0.1, 0.15) is 0 Å². The van der Waals surface area contributed by atoms with E-state index in [4.69, 9.17) is 0 Å². The first-order valence-corrected chi connectivity index (χ1v) is 12.9. The second kappa shape index (κ2) is 10.0. The predicted molar refractivity (Wildman–Crippen MR) is 155 cm³/mol. The summed E-state index contributed by atoms with van der Waals surface area (Å²) < 4.78 is 5.04. The molecule has 40 heavy (non-hydrogen) atoms. The Bertz CT molecular complexity index is 2020. The van der Waals surface area contributed by atoms with Crippen molar-refractivity contribution in [3.8, 4) is 17.5 Å². The van der Waals surface area contributed by atoms with Gasteiger partial charge in [-0.05, 0) is 55.6 Å². The van der Waals surface area contributed by atoms with Gasteiger partial charge in [-0.25, -0.2) is 4.52 Å². The highest BCUT2D eigenvalue weighted by Crippen LogP contribution is 2.24. The molecule has 4 aromatic heterocycles. The topological polar surface area (TPSA) is 86.2 Å². The van der Waals surface area contributed by atoms with Crippen molar-refractivity contribution in [1.29, 1.82) is 0 Å². The molecule has 0 fully saturated rings. The van der Waals surface area contributed by atoms with E-state index in [0.717, 1.165) is 16.5 Å². The lowest BCUT2D eigenvalue weighted by atomic mass is 10.0. The van der Waals surface area contributed by atoms with Crippen LogP contribution in [0.15, 0.2) is 96.2 Å². The minimum atomic E-state index is -0.493. The Hall–Kier alpha value is -5.42. The summed E-state index contributed by atoms with van der Waals surface area (Å²) >= 11 is 0. The smallest absolute Gasteiger partial charge is 0.264 e. The molecule has 0 aliphatic rings. The van der Waals surface area contributed by atoms with Crippen LogP contribution in [0.3, 0.4) is 0 Å². The molecular formula is C32H26N6O2. The van der Waals surface area contributed by atoms with E-state index in [1.807, 2.05) is 106 Å². The Morgan fingerprint density at radius 3 is 2.58 bits per heavy atom. The largest absolute Gasteiger partial charge is 0.344 e. The van der Waals surface area contributed by atoms with E-state index >= 15 is 0 Å². The fourth-order valence-electron chi connectivity index (χ4n) is 5.01. The van der Waals surface area contributed by atoms with Crippen molar-refractivity contribution in [3.05, 3.63) is 130 Å². The van der Waals surface area contributed by atoms with Gasteiger partial charge in [-0.2, -0.15) is 10.2 Å². The summed E-state index contributed by atoms with van der Waals surface area (Å²) in [7, 11) is 1.83. The summed E-state index contributed by atoms with van der Waals surface area (Å²) in [6.07, 6.45) is 5.33. The lowest BCUT2D eigenvalue weighted by molar-refractivity contribution is 0.0939. The number of amides is 1. The minimum absolute atomic E-state index is 0.206. The van der Waals surface area contributed by atoms with E-state index in [-0.39, 0.29) is 11.5 Å². The van der Waals surface area contributed by atoms with Crippen LogP contribution in [0.25, 0.3) is 22.0 Å². The minimum Gasteiger partial charge on any atom is -0.344 e. The molecule has 2 aromatic carbocycles. The number of nitrogens with one attached hydrogen (secondary N) is 1. The maximum Gasteiger partial charge on any atom is 0.264 e. The van der Waals surface area contributed by atoms with Gasteiger partial charge in [0.15, 0.2) is 0 Å². The Kier molecular flexibility index (Phi) is 6.25. The zero-order chi connectivity index (χ0) is 27.8. The number of fused-ring (bicyclic) bond motifs is 2. The third-order valence-corrected chi connectivity index (χ3v) is 6.87. The number of aryl methyl sites for hydroxylation is 2. The highest BCUT2D eigenvalue weighted by molar-refractivity contribution is 6.02. The summed E-state index contributed by atoms with van der Waals surface area (Å²) in [5.41, 5.74) is 4.40. The molecule has 0 unspecified atom stereocenters. The molecule has 8 heteroatoms.